The minimum Gasteiger partial charge on any atom is -0.497 e. The van der Waals surface area contributed by atoms with Gasteiger partial charge < -0.3 is 14.5 Å². The van der Waals surface area contributed by atoms with Crippen LogP contribution < -0.4 is 9.47 Å². The molecule has 17 heavy (non-hydrogen) atoms. The summed E-state index contributed by atoms with van der Waals surface area (Å²) in [7, 11) is 2.94. The van der Waals surface area contributed by atoms with Crippen molar-refractivity contribution in [2.24, 2.45) is 0 Å². The molecule has 0 aliphatic rings. The number of nitrogens with one attached hydrogen (secondary N) is 1. The average Bonchev–Trinajstić information content (AvgIpc) is 2.73. The van der Waals surface area contributed by atoms with Gasteiger partial charge in [0.05, 0.1) is 24.0 Å². The third-order valence-electron chi connectivity index (χ3n) is 2.28. The van der Waals surface area contributed by atoms with E-state index < -0.39 is 5.78 Å². The van der Waals surface area contributed by atoms with E-state index in [1.54, 1.807) is 6.07 Å². The van der Waals surface area contributed by atoms with Gasteiger partial charge in [-0.05, 0) is 24.2 Å². The fourth-order valence-electron chi connectivity index (χ4n) is 1.42. The van der Waals surface area contributed by atoms with Crippen molar-refractivity contribution in [1.82, 2.24) is 4.98 Å². The molecule has 0 fully saturated rings. The number of aromatic amines is 1. The minimum atomic E-state index is -0.487. The molecule has 0 aliphatic carbocycles. The lowest BCUT2D eigenvalue weighted by Gasteiger charge is -2.07. The zero-order valence-electron chi connectivity index (χ0n) is 12.5. The predicted molar refractivity (Wildman–Crippen MR) is 63.8 cm³/mol. The van der Waals surface area contributed by atoms with Crippen LogP contribution in [0.4, 0.5) is 0 Å². The number of aromatic nitrogens is 1. The smallest absolute Gasteiger partial charge is 0.209 e. The van der Waals surface area contributed by atoms with Crippen LogP contribution in [0.5, 0.6) is 11.5 Å². The Kier molecular flexibility index (Phi) is 2.22. The van der Waals surface area contributed by atoms with Crippen molar-refractivity contribution in [2.45, 2.75) is 0 Å². The van der Waals surface area contributed by atoms with Crippen molar-refractivity contribution < 1.29 is 18.4 Å². The molecule has 2 aromatic rings. The molecule has 1 N–H and O–H groups in total. The minimum absolute atomic E-state index is 0.0877. The number of ether oxygens (including phenoxy) is 2. The van der Waals surface area contributed by atoms with Crippen LogP contribution in [0, 0.1) is 0 Å². The molecule has 88 valence electrons. The first kappa shape index (κ1) is 7.95. The maximum atomic E-state index is 12.3. The first-order valence-corrected chi connectivity index (χ1v) is 4.91. The van der Waals surface area contributed by atoms with Crippen LogP contribution >= 0.6 is 0 Å². The summed E-state index contributed by atoms with van der Waals surface area (Å²) in [6.07, 6.45) is -0.256. The summed E-state index contributed by atoms with van der Waals surface area (Å²) in [5, 5.41) is 0. The van der Waals surface area contributed by atoms with E-state index in [0.29, 0.717) is 11.5 Å². The molecule has 0 atom stereocenters. The summed E-state index contributed by atoms with van der Waals surface area (Å²) < 4.78 is 32.7. The van der Waals surface area contributed by atoms with Gasteiger partial charge in [-0.15, -0.1) is 0 Å². The Balaban J connectivity index is 2.50. The molecule has 1 heterocycles. The standard InChI is InChI=1S/C13H13NO3/c1-16-10-6-9(7-11(8-10)17-2)13(15)12-4-3-5-14-12/h3-8,14H,1-2H3/i3D,4D,5D. The molecule has 1 aromatic carbocycles. The third kappa shape index (κ3) is 2.30. The molecule has 0 saturated carbocycles. The van der Waals surface area contributed by atoms with Gasteiger partial charge in [-0.1, -0.05) is 0 Å². The van der Waals surface area contributed by atoms with E-state index in [4.69, 9.17) is 13.6 Å². The van der Waals surface area contributed by atoms with Crippen molar-refractivity contribution in [1.29, 1.82) is 0 Å². The van der Waals surface area contributed by atoms with Gasteiger partial charge in [0.15, 0.2) is 0 Å². The van der Waals surface area contributed by atoms with Gasteiger partial charge in [-0.3, -0.25) is 4.79 Å². The molecular weight excluding hydrogens is 218 g/mol. The second-order valence-corrected chi connectivity index (χ2v) is 3.31. The van der Waals surface area contributed by atoms with E-state index in [-0.39, 0.29) is 29.5 Å². The molecule has 0 saturated heterocycles. The van der Waals surface area contributed by atoms with Crippen molar-refractivity contribution in [2.75, 3.05) is 14.2 Å². The number of hydrogen-bond donors (Lipinski definition) is 1. The van der Waals surface area contributed by atoms with Crippen LogP contribution in [-0.4, -0.2) is 25.0 Å². The van der Waals surface area contributed by atoms with E-state index >= 15 is 0 Å². The Morgan fingerprint density at radius 1 is 1.24 bits per heavy atom. The number of rotatable bonds is 4. The van der Waals surface area contributed by atoms with E-state index in [1.807, 2.05) is 0 Å². The van der Waals surface area contributed by atoms with Crippen LogP contribution in [0.3, 0.4) is 0 Å². The lowest BCUT2D eigenvalue weighted by atomic mass is 10.1. The number of carbonyl (C=O) groups excluding carboxylic acids is 1. The molecule has 0 spiro atoms. The Bertz CT molecular complexity index is 645. The van der Waals surface area contributed by atoms with Crippen molar-refractivity contribution in [3.8, 4) is 11.5 Å². The van der Waals surface area contributed by atoms with Gasteiger partial charge in [-0.25, -0.2) is 0 Å². The molecule has 4 nitrogen and oxygen atoms in total. The zero-order valence-corrected chi connectivity index (χ0v) is 9.46. The van der Waals surface area contributed by atoms with Gasteiger partial charge in [0.25, 0.3) is 0 Å². The Morgan fingerprint density at radius 3 is 2.35 bits per heavy atom. The van der Waals surface area contributed by atoms with Crippen LogP contribution in [0.2, 0.25) is 0 Å². The number of ketones is 1. The molecule has 4 heteroatoms. The predicted octanol–water partition coefficient (Wildman–Crippen LogP) is 2.26. The van der Waals surface area contributed by atoms with E-state index in [9.17, 15) is 4.79 Å². The molecule has 0 amide bonds. The van der Waals surface area contributed by atoms with Crippen LogP contribution in [0.15, 0.2) is 36.5 Å². The maximum Gasteiger partial charge on any atom is 0.209 e. The number of H-pyrrole nitrogens is 1. The summed E-state index contributed by atoms with van der Waals surface area (Å²) >= 11 is 0. The van der Waals surface area contributed by atoms with Gasteiger partial charge in [0.2, 0.25) is 5.78 Å². The van der Waals surface area contributed by atoms with Crippen LogP contribution in [0.25, 0.3) is 0 Å². The zero-order chi connectivity index (χ0) is 14.9. The quantitative estimate of drug-likeness (QED) is 0.825. The van der Waals surface area contributed by atoms with Gasteiger partial charge in [0, 0.05) is 17.8 Å². The highest BCUT2D eigenvalue weighted by atomic mass is 16.5. The fraction of sp³-hybridized carbons (Fsp3) is 0.154. The number of methoxy groups -OCH3 is 2. The van der Waals surface area contributed by atoms with Gasteiger partial charge in [-0.2, -0.15) is 0 Å². The molecule has 1 aromatic heterocycles. The molecular formula is C13H13NO3. The second-order valence-electron chi connectivity index (χ2n) is 3.31. The molecule has 0 aliphatic heterocycles. The summed E-state index contributed by atoms with van der Waals surface area (Å²) in [6, 6.07) is 4.06. The second kappa shape index (κ2) is 4.74. The van der Waals surface area contributed by atoms with E-state index in [1.165, 1.54) is 26.4 Å². The lowest BCUT2D eigenvalue weighted by molar-refractivity contribution is 0.103. The molecule has 2 rings (SSSR count). The Labute approximate surface area is 103 Å². The SMILES string of the molecule is [2H]c1[nH]c(C(=O)c2cc(OC)cc(OC)c2)c([2H])c1[2H]. The highest BCUT2D eigenvalue weighted by Gasteiger charge is 2.12. The average molecular weight is 234 g/mol. The van der Waals surface area contributed by atoms with Crippen LogP contribution in [-0.2, 0) is 0 Å². The van der Waals surface area contributed by atoms with E-state index in [2.05, 4.69) is 4.98 Å². The molecule has 0 bridgehead atoms. The molecule has 0 radical (unpaired) electrons. The normalized spacial score (nSPS) is 12.5. The van der Waals surface area contributed by atoms with Crippen molar-refractivity contribution >= 4 is 5.78 Å². The van der Waals surface area contributed by atoms with Crippen LogP contribution in [0.1, 0.15) is 20.2 Å². The summed E-state index contributed by atoms with van der Waals surface area (Å²) in [5.41, 5.74) is 0.172. The first-order valence-electron chi connectivity index (χ1n) is 6.41. The Morgan fingerprint density at radius 2 is 1.88 bits per heavy atom. The number of carbonyl (C=O) groups is 1. The monoisotopic (exact) mass is 234 g/mol. The number of hydrogen-bond acceptors (Lipinski definition) is 3. The topological polar surface area (TPSA) is 51.3 Å². The number of benzene rings is 1. The van der Waals surface area contributed by atoms with E-state index in [0.717, 1.165) is 0 Å². The summed E-state index contributed by atoms with van der Waals surface area (Å²) in [6.45, 7) is 0. The van der Waals surface area contributed by atoms with Crippen molar-refractivity contribution in [3.63, 3.8) is 0 Å². The molecule has 0 unspecified atom stereocenters. The lowest BCUT2D eigenvalue weighted by Crippen LogP contribution is -2.02. The Hall–Kier alpha value is -2.23. The highest BCUT2D eigenvalue weighted by Crippen LogP contribution is 2.23. The largest absolute Gasteiger partial charge is 0.497 e. The van der Waals surface area contributed by atoms with Gasteiger partial charge >= 0.3 is 0 Å². The third-order valence-corrected chi connectivity index (χ3v) is 2.28. The van der Waals surface area contributed by atoms with Gasteiger partial charge in [0.1, 0.15) is 11.5 Å². The summed E-state index contributed by atoms with van der Waals surface area (Å²) in [4.78, 5) is 14.8. The first-order chi connectivity index (χ1) is 9.47. The fourth-order valence-corrected chi connectivity index (χ4v) is 1.42. The van der Waals surface area contributed by atoms with Crippen molar-refractivity contribution in [3.05, 3.63) is 47.7 Å². The summed E-state index contributed by atoms with van der Waals surface area (Å²) in [5.74, 6) is 0.408. The maximum absolute atomic E-state index is 12.3. The highest BCUT2D eigenvalue weighted by molar-refractivity contribution is 6.08.